The monoisotopic (exact) mass is 155 g/mol. The fraction of sp³-hybridized carbons (Fsp3) is 0.500. The fourth-order valence-electron chi connectivity index (χ4n) is 0.680. The zero-order valence-electron chi connectivity index (χ0n) is 7.14. The summed E-state index contributed by atoms with van der Waals surface area (Å²) in [6, 6.07) is 0. The molecule has 0 spiro atoms. The van der Waals surface area contributed by atoms with Crippen molar-refractivity contribution in [2.24, 2.45) is 0 Å². The lowest BCUT2D eigenvalue weighted by atomic mass is 10.6. The molecule has 0 atom stereocenters. The van der Waals surface area contributed by atoms with Crippen LogP contribution < -0.4 is 10.9 Å². The van der Waals surface area contributed by atoms with Gasteiger partial charge in [-0.05, 0) is 0 Å². The van der Waals surface area contributed by atoms with Gasteiger partial charge in [0.1, 0.15) is 0 Å². The molecule has 2 N–H and O–H groups in total. The highest BCUT2D eigenvalue weighted by atomic mass is 15.7. The number of nitrogens with zero attached hydrogens (tertiary/aromatic N) is 1. The number of hydrogen-bond acceptors (Lipinski definition) is 3. The van der Waals surface area contributed by atoms with Crippen LogP contribution in [-0.2, 0) is 0 Å². The smallest absolute Gasteiger partial charge is 0.0466 e. The van der Waals surface area contributed by atoms with E-state index in [1.807, 2.05) is 24.2 Å². The van der Waals surface area contributed by atoms with Crippen LogP contribution in [-0.4, -0.2) is 24.8 Å². The lowest BCUT2D eigenvalue weighted by molar-refractivity contribution is 0.143. The molecule has 0 radical (unpaired) electrons. The summed E-state index contributed by atoms with van der Waals surface area (Å²) >= 11 is 0. The van der Waals surface area contributed by atoms with Crippen LogP contribution in [0.25, 0.3) is 0 Å². The molecule has 0 aliphatic rings. The Morgan fingerprint density at radius 1 is 1.27 bits per heavy atom. The molecule has 11 heavy (non-hydrogen) atoms. The van der Waals surface area contributed by atoms with Gasteiger partial charge in [-0.2, -0.15) is 5.12 Å². The molecule has 0 unspecified atom stereocenters. The van der Waals surface area contributed by atoms with E-state index in [4.69, 9.17) is 0 Å². The van der Waals surface area contributed by atoms with Crippen molar-refractivity contribution in [1.29, 1.82) is 0 Å². The predicted molar refractivity (Wildman–Crippen MR) is 48.8 cm³/mol. The van der Waals surface area contributed by atoms with Crippen molar-refractivity contribution in [2.75, 3.05) is 19.6 Å². The predicted octanol–water partition coefficient (Wildman–Crippen LogP) is 0.690. The first-order valence-electron chi connectivity index (χ1n) is 3.81. The van der Waals surface area contributed by atoms with E-state index >= 15 is 0 Å². The minimum absolute atomic E-state index is 0.765. The molecular formula is C8H17N3. The van der Waals surface area contributed by atoms with Crippen LogP contribution in [0.5, 0.6) is 0 Å². The van der Waals surface area contributed by atoms with Crippen molar-refractivity contribution in [1.82, 2.24) is 16.0 Å². The second kappa shape index (κ2) is 7.47. The zero-order chi connectivity index (χ0) is 8.53. The van der Waals surface area contributed by atoms with Gasteiger partial charge in [0, 0.05) is 19.6 Å². The molecule has 3 nitrogen and oxygen atoms in total. The SMILES string of the molecule is C=CCNN(CC=C)NCC. The molecule has 0 aromatic heterocycles. The second-order valence-electron chi connectivity index (χ2n) is 2.06. The summed E-state index contributed by atoms with van der Waals surface area (Å²) < 4.78 is 0. The van der Waals surface area contributed by atoms with Crippen molar-refractivity contribution in [2.45, 2.75) is 6.92 Å². The molecule has 0 saturated carbocycles. The molecule has 0 aliphatic carbocycles. The molecule has 0 rings (SSSR count). The van der Waals surface area contributed by atoms with Crippen molar-refractivity contribution in [3.8, 4) is 0 Å². The Morgan fingerprint density at radius 2 is 2.00 bits per heavy atom. The van der Waals surface area contributed by atoms with Crippen LogP contribution in [0.3, 0.4) is 0 Å². The minimum Gasteiger partial charge on any atom is -0.241 e. The van der Waals surface area contributed by atoms with Gasteiger partial charge in [0.15, 0.2) is 0 Å². The highest BCUT2D eigenvalue weighted by Crippen LogP contribution is 1.75. The average Bonchev–Trinajstić information content (AvgIpc) is 2.01. The first-order chi connectivity index (χ1) is 5.35. The van der Waals surface area contributed by atoms with Gasteiger partial charge in [-0.25, -0.2) is 10.9 Å². The van der Waals surface area contributed by atoms with Crippen molar-refractivity contribution in [3.05, 3.63) is 25.3 Å². The van der Waals surface area contributed by atoms with Crippen molar-refractivity contribution in [3.63, 3.8) is 0 Å². The summed E-state index contributed by atoms with van der Waals surface area (Å²) in [6.45, 7) is 11.7. The van der Waals surface area contributed by atoms with Crippen molar-refractivity contribution >= 4 is 0 Å². The molecule has 0 amide bonds. The van der Waals surface area contributed by atoms with E-state index in [2.05, 4.69) is 24.0 Å². The zero-order valence-corrected chi connectivity index (χ0v) is 7.14. The molecule has 0 aliphatic heterocycles. The summed E-state index contributed by atoms with van der Waals surface area (Å²) in [5.74, 6) is 0. The van der Waals surface area contributed by atoms with E-state index in [9.17, 15) is 0 Å². The van der Waals surface area contributed by atoms with E-state index in [0.29, 0.717) is 0 Å². The van der Waals surface area contributed by atoms with Crippen LogP contribution in [0.2, 0.25) is 0 Å². The number of hydrazine groups is 2. The van der Waals surface area contributed by atoms with Crippen LogP contribution >= 0.6 is 0 Å². The van der Waals surface area contributed by atoms with Crippen molar-refractivity contribution < 1.29 is 0 Å². The Morgan fingerprint density at radius 3 is 2.45 bits per heavy atom. The molecule has 0 bridgehead atoms. The van der Waals surface area contributed by atoms with E-state index < -0.39 is 0 Å². The number of hydrogen-bond donors (Lipinski definition) is 2. The maximum Gasteiger partial charge on any atom is 0.0466 e. The fourth-order valence-corrected chi connectivity index (χ4v) is 0.680. The standard InChI is InChI=1S/C8H17N3/c1-4-7-10-11(8-5-2)9-6-3/h4-5,9-10H,1-2,6-8H2,3H3. The van der Waals surface area contributed by atoms with Gasteiger partial charge in [-0.15, -0.1) is 13.2 Å². The van der Waals surface area contributed by atoms with Gasteiger partial charge in [0.05, 0.1) is 0 Å². The second-order valence-corrected chi connectivity index (χ2v) is 2.06. The van der Waals surface area contributed by atoms with E-state index in [1.165, 1.54) is 0 Å². The normalized spacial score (nSPS) is 10.0. The summed E-state index contributed by atoms with van der Waals surface area (Å²) in [4.78, 5) is 0. The van der Waals surface area contributed by atoms with Crippen LogP contribution in [0.1, 0.15) is 6.92 Å². The minimum atomic E-state index is 0.765. The first kappa shape index (κ1) is 10.4. The molecule has 3 heteroatoms. The third-order valence-electron chi connectivity index (χ3n) is 1.09. The maximum atomic E-state index is 3.64. The number of nitrogens with one attached hydrogen (secondary N) is 2. The Bertz CT molecular complexity index is 112. The Kier molecular flexibility index (Phi) is 7.03. The Labute approximate surface area is 68.7 Å². The maximum absolute atomic E-state index is 3.64. The third-order valence-corrected chi connectivity index (χ3v) is 1.09. The summed E-state index contributed by atoms with van der Waals surface area (Å²) in [6.07, 6.45) is 3.65. The highest BCUT2D eigenvalue weighted by molar-refractivity contribution is 4.72. The quantitative estimate of drug-likeness (QED) is 0.418. The Hall–Kier alpha value is -0.640. The largest absolute Gasteiger partial charge is 0.241 e. The lowest BCUT2D eigenvalue weighted by Gasteiger charge is -2.20. The molecule has 64 valence electrons. The third kappa shape index (κ3) is 5.79. The van der Waals surface area contributed by atoms with Gasteiger partial charge in [-0.3, -0.25) is 0 Å². The van der Waals surface area contributed by atoms with Crippen LogP contribution in [0.15, 0.2) is 25.3 Å². The summed E-state index contributed by atoms with van der Waals surface area (Å²) in [7, 11) is 0. The first-order valence-corrected chi connectivity index (χ1v) is 3.81. The van der Waals surface area contributed by atoms with E-state index in [-0.39, 0.29) is 0 Å². The van der Waals surface area contributed by atoms with E-state index in [0.717, 1.165) is 19.6 Å². The van der Waals surface area contributed by atoms with E-state index in [1.54, 1.807) is 0 Å². The van der Waals surface area contributed by atoms with Gasteiger partial charge < -0.3 is 0 Å². The number of rotatable bonds is 7. The Balaban J connectivity index is 3.49. The molecule has 0 saturated heterocycles. The molecule has 0 aromatic carbocycles. The molecule has 0 aromatic rings. The average molecular weight is 155 g/mol. The molecule has 0 heterocycles. The topological polar surface area (TPSA) is 27.3 Å². The van der Waals surface area contributed by atoms with Gasteiger partial charge >= 0.3 is 0 Å². The van der Waals surface area contributed by atoms with Crippen LogP contribution in [0.4, 0.5) is 0 Å². The van der Waals surface area contributed by atoms with Gasteiger partial charge in [0.2, 0.25) is 0 Å². The molecular weight excluding hydrogens is 138 g/mol. The highest BCUT2D eigenvalue weighted by Gasteiger charge is 1.95. The van der Waals surface area contributed by atoms with Crippen LogP contribution in [0, 0.1) is 0 Å². The molecule has 0 fully saturated rings. The summed E-state index contributed by atoms with van der Waals surface area (Å²) in [5, 5.41) is 1.88. The summed E-state index contributed by atoms with van der Waals surface area (Å²) in [5.41, 5.74) is 6.23. The van der Waals surface area contributed by atoms with Gasteiger partial charge in [-0.1, -0.05) is 19.1 Å². The van der Waals surface area contributed by atoms with Gasteiger partial charge in [0.25, 0.3) is 0 Å². The lowest BCUT2D eigenvalue weighted by Crippen LogP contribution is -2.48.